The first-order chi connectivity index (χ1) is 32.6. The van der Waals surface area contributed by atoms with Crippen LogP contribution in [0.3, 0.4) is 0 Å². The Morgan fingerprint density at radius 1 is 0.258 bits per heavy atom. The lowest BCUT2D eigenvalue weighted by atomic mass is 9.90. The summed E-state index contributed by atoms with van der Waals surface area (Å²) in [6.07, 6.45) is 0. The van der Waals surface area contributed by atoms with E-state index in [2.05, 4.69) is 176 Å². The van der Waals surface area contributed by atoms with Crippen molar-refractivity contribution in [2.45, 2.75) is 0 Å². The van der Waals surface area contributed by atoms with Crippen LogP contribution in [-0.2, 0) is 0 Å². The lowest BCUT2D eigenvalue weighted by Crippen LogP contribution is -2.00. The van der Waals surface area contributed by atoms with Gasteiger partial charge in [0.1, 0.15) is 0 Å². The number of fused-ring (bicyclic) bond motifs is 3. The molecule has 0 spiro atoms. The van der Waals surface area contributed by atoms with Gasteiger partial charge in [0.15, 0.2) is 17.5 Å². The van der Waals surface area contributed by atoms with Crippen LogP contribution in [0.25, 0.3) is 123 Å². The van der Waals surface area contributed by atoms with Gasteiger partial charge in [0, 0.05) is 16.7 Å². The highest BCUT2D eigenvalue weighted by Crippen LogP contribution is 2.48. The van der Waals surface area contributed by atoms with Crippen LogP contribution in [0.5, 0.6) is 0 Å². The first kappa shape index (κ1) is 38.6. The zero-order valence-electron chi connectivity index (χ0n) is 35.7. The summed E-state index contributed by atoms with van der Waals surface area (Å²) < 4.78 is 0. The fourth-order valence-electron chi connectivity index (χ4n) is 9.50. The first-order valence-corrected chi connectivity index (χ1v) is 22.1. The van der Waals surface area contributed by atoms with Crippen molar-refractivity contribution in [1.82, 2.24) is 15.0 Å². The Hall–Kier alpha value is -9.04. The standard InChI is InChI=1S/C62H38N4/c63-39-51-37-48(32-33-52(51)42-29-27-41(28-30-42)46-31-34-55-56-25-11-17-43-18-12-26-57(59(43)56)58(55)38-46)54-24-8-7-23-53(54)47-20-10-22-50(36-47)62-65-60(44-15-5-2-6-16-44)64-61(66-62)49-21-9-19-45(35-49)40-13-3-1-4-14-40/h1-38H. The number of benzene rings is 10. The van der Waals surface area contributed by atoms with E-state index in [-0.39, 0.29) is 0 Å². The topological polar surface area (TPSA) is 62.5 Å². The fraction of sp³-hybridized carbons (Fsp3) is 0. The number of aromatic nitrogens is 3. The van der Waals surface area contributed by atoms with Gasteiger partial charge in [-0.3, -0.25) is 0 Å². The van der Waals surface area contributed by atoms with Crippen molar-refractivity contribution < 1.29 is 0 Å². The Morgan fingerprint density at radius 3 is 1.35 bits per heavy atom. The molecule has 10 aromatic carbocycles. The summed E-state index contributed by atoms with van der Waals surface area (Å²) in [6, 6.07) is 82.7. The zero-order valence-corrected chi connectivity index (χ0v) is 35.7. The maximum absolute atomic E-state index is 10.6. The average Bonchev–Trinajstić information content (AvgIpc) is 3.73. The van der Waals surface area contributed by atoms with Gasteiger partial charge in [-0.2, -0.15) is 5.26 Å². The summed E-state index contributed by atoms with van der Waals surface area (Å²) in [5.74, 6) is 1.80. The second-order valence-corrected chi connectivity index (χ2v) is 16.7. The van der Waals surface area contributed by atoms with E-state index in [9.17, 15) is 5.26 Å². The van der Waals surface area contributed by atoms with E-state index in [0.717, 1.165) is 66.8 Å². The summed E-state index contributed by atoms with van der Waals surface area (Å²) in [5, 5.41) is 13.2. The Labute approximate surface area is 383 Å². The van der Waals surface area contributed by atoms with Crippen LogP contribution in [0.2, 0.25) is 0 Å². The van der Waals surface area contributed by atoms with E-state index in [1.807, 2.05) is 60.7 Å². The smallest absolute Gasteiger partial charge is 0.164 e. The maximum atomic E-state index is 10.6. The van der Waals surface area contributed by atoms with Gasteiger partial charge in [0.05, 0.1) is 11.6 Å². The van der Waals surface area contributed by atoms with Crippen molar-refractivity contribution >= 4 is 10.8 Å². The number of nitriles is 1. The number of rotatable bonds is 8. The van der Waals surface area contributed by atoms with E-state index in [1.54, 1.807) is 0 Å². The van der Waals surface area contributed by atoms with Crippen molar-refractivity contribution in [2.24, 2.45) is 0 Å². The summed E-state index contributed by atoms with van der Waals surface area (Å²) >= 11 is 0. The molecule has 12 rings (SSSR count). The molecule has 0 unspecified atom stereocenters. The van der Waals surface area contributed by atoms with Crippen LogP contribution in [0.4, 0.5) is 0 Å². The number of hydrogen-bond donors (Lipinski definition) is 0. The number of hydrogen-bond acceptors (Lipinski definition) is 4. The molecule has 306 valence electrons. The molecule has 1 aliphatic rings. The third-order valence-electron chi connectivity index (χ3n) is 12.7. The van der Waals surface area contributed by atoms with Gasteiger partial charge in [0.2, 0.25) is 0 Å². The fourth-order valence-corrected chi connectivity index (χ4v) is 9.50. The minimum Gasteiger partial charge on any atom is -0.208 e. The predicted molar refractivity (Wildman–Crippen MR) is 270 cm³/mol. The van der Waals surface area contributed by atoms with Gasteiger partial charge in [-0.1, -0.05) is 206 Å². The lowest BCUT2D eigenvalue weighted by molar-refractivity contribution is 1.07. The molecule has 0 radical (unpaired) electrons. The SMILES string of the molecule is N#Cc1cc(-c2ccccc2-c2cccc(-c3nc(-c4ccccc4)nc(-c4cccc(-c5ccccc5)c4)n3)c2)ccc1-c1ccc(-c2ccc3c(c2)-c2cccc4cccc-3c24)cc1. The molecule has 4 heteroatoms. The van der Waals surface area contributed by atoms with E-state index < -0.39 is 0 Å². The second-order valence-electron chi connectivity index (χ2n) is 16.7. The van der Waals surface area contributed by atoms with Gasteiger partial charge >= 0.3 is 0 Å². The Balaban J connectivity index is 0.865. The van der Waals surface area contributed by atoms with E-state index in [1.165, 1.54) is 38.6 Å². The summed E-state index contributed by atoms with van der Waals surface area (Å²) in [4.78, 5) is 15.2. The van der Waals surface area contributed by atoms with Gasteiger partial charge in [0.25, 0.3) is 0 Å². The predicted octanol–water partition coefficient (Wildman–Crippen LogP) is 15.9. The molecule has 66 heavy (non-hydrogen) atoms. The molecule has 0 saturated carbocycles. The molecular weight excluding hydrogens is 801 g/mol. The van der Waals surface area contributed by atoms with Gasteiger partial charge in [-0.25, -0.2) is 15.0 Å². The molecule has 0 aliphatic heterocycles. The molecule has 0 fully saturated rings. The molecule has 0 N–H and O–H groups in total. The van der Waals surface area contributed by atoms with Crippen molar-refractivity contribution in [3.8, 4) is 118 Å². The lowest BCUT2D eigenvalue weighted by Gasteiger charge is -2.14. The summed E-state index contributed by atoms with van der Waals surface area (Å²) in [6.45, 7) is 0. The Morgan fingerprint density at radius 2 is 0.682 bits per heavy atom. The highest BCUT2D eigenvalue weighted by atomic mass is 15.0. The minimum atomic E-state index is 0.588. The van der Waals surface area contributed by atoms with Crippen LogP contribution in [0.15, 0.2) is 231 Å². The van der Waals surface area contributed by atoms with Crippen molar-refractivity contribution in [1.29, 1.82) is 5.26 Å². The summed E-state index contributed by atoms with van der Waals surface area (Å²) in [5.41, 5.74) is 19.0. The molecule has 11 aromatic rings. The van der Waals surface area contributed by atoms with E-state index in [4.69, 9.17) is 15.0 Å². The quantitative estimate of drug-likeness (QED) is 0.153. The molecule has 0 saturated heterocycles. The van der Waals surface area contributed by atoms with E-state index >= 15 is 0 Å². The van der Waals surface area contributed by atoms with Gasteiger partial charge < -0.3 is 0 Å². The molecule has 1 aromatic heterocycles. The third-order valence-corrected chi connectivity index (χ3v) is 12.7. The molecule has 0 bridgehead atoms. The Bertz CT molecular complexity index is 3690. The zero-order chi connectivity index (χ0) is 44.0. The maximum Gasteiger partial charge on any atom is 0.164 e. The first-order valence-electron chi connectivity index (χ1n) is 22.1. The monoisotopic (exact) mass is 838 g/mol. The Kier molecular flexibility index (Phi) is 9.51. The molecular formula is C62H38N4. The molecule has 1 heterocycles. The van der Waals surface area contributed by atoms with Gasteiger partial charge in [-0.15, -0.1) is 0 Å². The number of nitrogens with zero attached hydrogens (tertiary/aromatic N) is 4. The van der Waals surface area contributed by atoms with Crippen LogP contribution in [0, 0.1) is 11.3 Å². The second kappa shape index (κ2) is 16.3. The highest BCUT2D eigenvalue weighted by Gasteiger charge is 2.22. The molecule has 4 nitrogen and oxygen atoms in total. The van der Waals surface area contributed by atoms with Crippen molar-refractivity contribution in [2.75, 3.05) is 0 Å². The van der Waals surface area contributed by atoms with E-state index in [0.29, 0.717) is 23.0 Å². The van der Waals surface area contributed by atoms with Crippen LogP contribution < -0.4 is 0 Å². The minimum absolute atomic E-state index is 0.588. The highest BCUT2D eigenvalue weighted by molar-refractivity contribution is 6.15. The molecule has 1 aliphatic carbocycles. The molecule has 0 amide bonds. The van der Waals surface area contributed by atoms with Crippen molar-refractivity contribution in [3.63, 3.8) is 0 Å². The average molecular weight is 839 g/mol. The largest absolute Gasteiger partial charge is 0.208 e. The van der Waals surface area contributed by atoms with Gasteiger partial charge in [-0.05, 0) is 113 Å². The summed E-state index contributed by atoms with van der Waals surface area (Å²) in [7, 11) is 0. The van der Waals surface area contributed by atoms with Crippen LogP contribution in [0.1, 0.15) is 5.56 Å². The van der Waals surface area contributed by atoms with Crippen LogP contribution >= 0.6 is 0 Å². The normalized spacial score (nSPS) is 11.3. The third kappa shape index (κ3) is 6.93. The molecule has 0 atom stereocenters. The van der Waals surface area contributed by atoms with Crippen LogP contribution in [-0.4, -0.2) is 15.0 Å². The van der Waals surface area contributed by atoms with Crippen molar-refractivity contribution in [3.05, 3.63) is 236 Å².